The van der Waals surface area contributed by atoms with Crippen molar-refractivity contribution >= 4 is 22.6 Å². The Morgan fingerprint density at radius 1 is 1.20 bits per heavy atom. The van der Waals surface area contributed by atoms with Gasteiger partial charge in [-0.1, -0.05) is 4.73 Å². The van der Waals surface area contributed by atoms with E-state index < -0.39 is 29.2 Å². The van der Waals surface area contributed by atoms with Crippen LogP contribution in [0, 0.1) is 11.7 Å². The lowest BCUT2D eigenvalue weighted by molar-refractivity contribution is -0.200. The van der Waals surface area contributed by atoms with Gasteiger partial charge >= 0.3 is 17.8 Å². The predicted molar refractivity (Wildman–Crippen MR) is 97.7 cm³/mol. The predicted octanol–water partition coefficient (Wildman–Crippen LogP) is 0.940. The van der Waals surface area contributed by atoms with Gasteiger partial charge in [0.05, 0.1) is 16.6 Å². The largest absolute Gasteiger partial charge is 0.493 e. The van der Waals surface area contributed by atoms with Gasteiger partial charge < -0.3 is 15.5 Å². The zero-order valence-electron chi connectivity index (χ0n) is 15.6. The molecule has 0 spiro atoms. The lowest BCUT2D eigenvalue weighted by Crippen LogP contribution is -2.48. The second-order valence-corrected chi connectivity index (χ2v) is 7.52. The van der Waals surface area contributed by atoms with Gasteiger partial charge in [-0.2, -0.15) is 13.2 Å². The van der Waals surface area contributed by atoms with Crippen LogP contribution in [0.3, 0.4) is 0 Å². The fourth-order valence-electron chi connectivity index (χ4n) is 3.71. The lowest BCUT2D eigenvalue weighted by Gasteiger charge is -2.21. The Morgan fingerprint density at radius 2 is 1.90 bits per heavy atom. The SMILES string of the molecule is NCC1CCN(c2cc3c(cc2F)c(=O)n(OC(=O)C(F)(F)F)c(=O)n3C2CC2)C1. The van der Waals surface area contributed by atoms with E-state index in [1.807, 2.05) is 0 Å². The number of alkyl halides is 3. The second-order valence-electron chi connectivity index (χ2n) is 7.52. The molecular weight excluding hydrogens is 412 g/mol. The fourth-order valence-corrected chi connectivity index (χ4v) is 3.71. The molecule has 2 heterocycles. The number of hydrogen-bond acceptors (Lipinski definition) is 6. The summed E-state index contributed by atoms with van der Waals surface area (Å²) in [6.07, 6.45) is -3.55. The first kappa shape index (κ1) is 20.4. The number of aromatic nitrogens is 2. The van der Waals surface area contributed by atoms with Gasteiger partial charge in [0.25, 0.3) is 5.56 Å². The Hall–Kier alpha value is -2.89. The summed E-state index contributed by atoms with van der Waals surface area (Å²) in [7, 11) is 0. The van der Waals surface area contributed by atoms with E-state index in [9.17, 15) is 31.9 Å². The molecule has 1 aliphatic carbocycles. The number of benzene rings is 1. The maximum atomic E-state index is 14.8. The summed E-state index contributed by atoms with van der Waals surface area (Å²) in [5, 5.41) is -0.354. The molecule has 2 aliphatic rings. The van der Waals surface area contributed by atoms with E-state index in [1.165, 1.54) is 6.07 Å². The van der Waals surface area contributed by atoms with Gasteiger partial charge in [0, 0.05) is 19.1 Å². The van der Waals surface area contributed by atoms with Crippen LogP contribution in [0.2, 0.25) is 0 Å². The monoisotopic (exact) mass is 430 g/mol. The van der Waals surface area contributed by atoms with Crippen molar-refractivity contribution in [1.29, 1.82) is 0 Å². The maximum Gasteiger partial charge on any atom is 0.493 e. The zero-order valence-corrected chi connectivity index (χ0v) is 15.6. The topological polar surface area (TPSA) is 99.6 Å². The lowest BCUT2D eigenvalue weighted by atomic mass is 10.1. The Morgan fingerprint density at radius 3 is 2.47 bits per heavy atom. The van der Waals surface area contributed by atoms with Crippen LogP contribution < -0.4 is 26.7 Å². The average Bonchev–Trinajstić information content (AvgIpc) is 3.40. The van der Waals surface area contributed by atoms with Crippen molar-refractivity contribution in [1.82, 2.24) is 9.30 Å². The Bertz CT molecular complexity index is 1140. The molecule has 1 saturated heterocycles. The summed E-state index contributed by atoms with van der Waals surface area (Å²) in [6, 6.07) is 1.82. The Labute approximate surface area is 166 Å². The van der Waals surface area contributed by atoms with Gasteiger partial charge in [-0.25, -0.2) is 14.0 Å². The minimum Gasteiger partial charge on any atom is -0.369 e. The molecule has 12 heteroatoms. The molecule has 8 nitrogen and oxygen atoms in total. The molecule has 1 aliphatic heterocycles. The highest BCUT2D eigenvalue weighted by Gasteiger charge is 2.43. The molecule has 30 heavy (non-hydrogen) atoms. The molecular formula is C18H18F4N4O4. The second kappa shape index (κ2) is 7.11. The van der Waals surface area contributed by atoms with Crippen molar-refractivity contribution in [2.75, 3.05) is 24.5 Å². The number of fused-ring (bicyclic) bond motifs is 1. The van der Waals surface area contributed by atoms with E-state index in [4.69, 9.17) is 5.73 Å². The molecule has 0 radical (unpaired) electrons. The van der Waals surface area contributed by atoms with Crippen LogP contribution in [0.1, 0.15) is 25.3 Å². The van der Waals surface area contributed by atoms with Crippen molar-refractivity contribution in [3.8, 4) is 0 Å². The number of carbonyl (C=O) groups is 1. The van der Waals surface area contributed by atoms with Gasteiger partial charge in [-0.15, -0.1) is 0 Å². The smallest absolute Gasteiger partial charge is 0.369 e. The first-order valence-corrected chi connectivity index (χ1v) is 9.37. The van der Waals surface area contributed by atoms with E-state index in [0.29, 0.717) is 32.5 Å². The van der Waals surface area contributed by atoms with Gasteiger partial charge in [-0.3, -0.25) is 9.36 Å². The van der Waals surface area contributed by atoms with Crippen molar-refractivity contribution in [2.24, 2.45) is 11.7 Å². The molecule has 0 amide bonds. The third-order valence-electron chi connectivity index (χ3n) is 5.40. The molecule has 1 aromatic heterocycles. The molecule has 1 saturated carbocycles. The van der Waals surface area contributed by atoms with Crippen LogP contribution in [-0.4, -0.2) is 41.1 Å². The average molecular weight is 430 g/mol. The first-order valence-electron chi connectivity index (χ1n) is 9.37. The van der Waals surface area contributed by atoms with Crippen LogP contribution in [-0.2, 0) is 4.79 Å². The van der Waals surface area contributed by atoms with E-state index >= 15 is 0 Å². The highest BCUT2D eigenvalue weighted by atomic mass is 19.4. The normalized spacial score (nSPS) is 19.5. The number of anilines is 1. The number of carbonyl (C=O) groups excluding carboxylic acids is 1. The molecule has 4 rings (SSSR count). The summed E-state index contributed by atoms with van der Waals surface area (Å²) < 4.78 is 53.3. The minimum absolute atomic E-state index is 0.0828. The van der Waals surface area contributed by atoms with Gasteiger partial charge in [0.2, 0.25) is 0 Å². The summed E-state index contributed by atoms with van der Waals surface area (Å²) in [5.74, 6) is -3.31. The van der Waals surface area contributed by atoms with Crippen LogP contribution in [0.25, 0.3) is 10.9 Å². The summed E-state index contributed by atoms with van der Waals surface area (Å²) in [4.78, 5) is 42.3. The molecule has 2 aromatic rings. The van der Waals surface area contributed by atoms with E-state index in [-0.39, 0.29) is 33.3 Å². The molecule has 1 unspecified atom stereocenters. The van der Waals surface area contributed by atoms with E-state index in [2.05, 4.69) is 4.84 Å². The van der Waals surface area contributed by atoms with Crippen LogP contribution in [0.5, 0.6) is 0 Å². The molecule has 2 N–H and O–H groups in total. The third kappa shape index (κ3) is 3.44. The van der Waals surface area contributed by atoms with Gasteiger partial charge in [0.1, 0.15) is 5.82 Å². The Balaban J connectivity index is 1.88. The fraction of sp³-hybridized carbons (Fsp3) is 0.500. The van der Waals surface area contributed by atoms with E-state index in [1.54, 1.807) is 4.90 Å². The highest BCUT2D eigenvalue weighted by molar-refractivity contribution is 5.83. The van der Waals surface area contributed by atoms with Gasteiger partial charge in [0.15, 0.2) is 0 Å². The Kier molecular flexibility index (Phi) is 4.83. The summed E-state index contributed by atoms with van der Waals surface area (Å²) in [6.45, 7) is 1.48. The van der Waals surface area contributed by atoms with Crippen LogP contribution in [0.4, 0.5) is 23.2 Å². The number of rotatable bonds is 4. The molecule has 1 atom stereocenters. The summed E-state index contributed by atoms with van der Waals surface area (Å²) in [5.41, 5.74) is 3.38. The number of halogens is 4. The van der Waals surface area contributed by atoms with Crippen LogP contribution >= 0.6 is 0 Å². The quantitative estimate of drug-likeness (QED) is 0.725. The van der Waals surface area contributed by atoms with Crippen molar-refractivity contribution < 1.29 is 27.2 Å². The number of hydrogen-bond donors (Lipinski definition) is 1. The van der Waals surface area contributed by atoms with Gasteiger partial charge in [-0.05, 0) is 43.9 Å². The van der Waals surface area contributed by atoms with Crippen LogP contribution in [0.15, 0.2) is 21.7 Å². The first-order chi connectivity index (χ1) is 14.1. The van der Waals surface area contributed by atoms with E-state index in [0.717, 1.165) is 17.1 Å². The summed E-state index contributed by atoms with van der Waals surface area (Å²) >= 11 is 0. The van der Waals surface area contributed by atoms with Crippen molar-refractivity contribution in [3.63, 3.8) is 0 Å². The maximum absolute atomic E-state index is 14.8. The van der Waals surface area contributed by atoms with Crippen molar-refractivity contribution in [2.45, 2.75) is 31.5 Å². The standard InChI is InChI=1S/C18H18F4N4O4/c19-12-5-11-13(6-14(12)24-4-3-9(7-23)8-24)25(10-1-2-10)17(29)26(15(11)27)30-16(28)18(20,21)22/h5-6,9-10H,1-4,7-8,23H2. The highest BCUT2D eigenvalue weighted by Crippen LogP contribution is 2.37. The zero-order chi connectivity index (χ0) is 21.8. The molecule has 162 valence electrons. The minimum atomic E-state index is -5.41. The third-order valence-corrected chi connectivity index (χ3v) is 5.40. The number of nitrogens with two attached hydrogens (primary N) is 1. The molecule has 2 fully saturated rings. The van der Waals surface area contributed by atoms with Crippen molar-refractivity contribution in [3.05, 3.63) is 38.8 Å². The number of nitrogens with zero attached hydrogens (tertiary/aromatic N) is 3. The molecule has 1 aromatic carbocycles. The molecule has 0 bridgehead atoms.